The Morgan fingerprint density at radius 1 is 1.00 bits per heavy atom. The maximum Gasteiger partial charge on any atom is 0.171 e. The van der Waals surface area contributed by atoms with Crippen LogP contribution >= 0.6 is 12.2 Å². The van der Waals surface area contributed by atoms with Gasteiger partial charge >= 0.3 is 0 Å². The van der Waals surface area contributed by atoms with E-state index in [1.165, 1.54) is 5.56 Å². The maximum atomic E-state index is 5.63. The van der Waals surface area contributed by atoms with Crippen molar-refractivity contribution in [2.45, 2.75) is 38.1 Å². The fourth-order valence-electron chi connectivity index (χ4n) is 3.78. The summed E-state index contributed by atoms with van der Waals surface area (Å²) in [5.74, 6) is 2.32. The lowest BCUT2D eigenvalue weighted by Crippen LogP contribution is -2.45. The van der Waals surface area contributed by atoms with E-state index < -0.39 is 0 Å². The minimum Gasteiger partial charge on any atom is -0.494 e. The first-order chi connectivity index (χ1) is 13.6. The fraction of sp³-hybridized carbons (Fsp3) is 0.409. The van der Waals surface area contributed by atoms with Crippen molar-refractivity contribution in [3.05, 3.63) is 48.0 Å². The van der Waals surface area contributed by atoms with Gasteiger partial charge in [-0.15, -0.1) is 0 Å². The Labute approximate surface area is 172 Å². The number of thiocarbonyl (C=S) groups is 1. The van der Waals surface area contributed by atoms with Crippen LogP contribution < -0.4 is 24.8 Å². The van der Waals surface area contributed by atoms with E-state index in [0.717, 1.165) is 48.6 Å². The summed E-state index contributed by atoms with van der Waals surface area (Å²) in [6.07, 6.45) is 4.36. The van der Waals surface area contributed by atoms with Crippen molar-refractivity contribution in [2.75, 3.05) is 26.1 Å². The largest absolute Gasteiger partial charge is 0.494 e. The summed E-state index contributed by atoms with van der Waals surface area (Å²) in [6, 6.07) is 13.9. The molecule has 0 aromatic heterocycles. The lowest BCUT2D eigenvalue weighted by atomic mass is 9.88. The van der Waals surface area contributed by atoms with E-state index in [1.807, 2.05) is 37.3 Å². The molecule has 1 aliphatic carbocycles. The topological polar surface area (TPSA) is 51.8 Å². The molecular formula is C22H28N2O3S. The van der Waals surface area contributed by atoms with Crippen LogP contribution in [0.5, 0.6) is 17.2 Å². The van der Waals surface area contributed by atoms with Gasteiger partial charge in [0.25, 0.3) is 0 Å². The van der Waals surface area contributed by atoms with Crippen LogP contribution in [0.1, 0.15) is 38.2 Å². The molecule has 5 nitrogen and oxygen atoms in total. The number of ether oxygens (including phenoxy) is 3. The molecule has 28 heavy (non-hydrogen) atoms. The Hall–Kier alpha value is -2.47. The Bertz CT molecular complexity index is 802. The van der Waals surface area contributed by atoms with E-state index in [2.05, 4.69) is 22.8 Å². The molecule has 150 valence electrons. The maximum absolute atomic E-state index is 5.63. The molecule has 0 radical (unpaired) electrons. The van der Waals surface area contributed by atoms with Crippen molar-refractivity contribution in [2.24, 2.45) is 0 Å². The average Bonchev–Trinajstić information content (AvgIpc) is 3.18. The second kappa shape index (κ2) is 9.15. The Kier molecular flexibility index (Phi) is 6.62. The zero-order chi connectivity index (χ0) is 20.0. The van der Waals surface area contributed by atoms with Crippen molar-refractivity contribution in [3.63, 3.8) is 0 Å². The van der Waals surface area contributed by atoms with Crippen molar-refractivity contribution in [3.8, 4) is 17.2 Å². The van der Waals surface area contributed by atoms with Crippen LogP contribution in [0, 0.1) is 0 Å². The highest BCUT2D eigenvalue weighted by Crippen LogP contribution is 2.41. The van der Waals surface area contributed by atoms with E-state index in [1.54, 1.807) is 14.2 Å². The highest BCUT2D eigenvalue weighted by molar-refractivity contribution is 7.80. The molecule has 0 unspecified atom stereocenters. The highest BCUT2D eigenvalue weighted by Gasteiger charge is 2.36. The van der Waals surface area contributed by atoms with Gasteiger partial charge < -0.3 is 24.8 Å². The Morgan fingerprint density at radius 2 is 1.68 bits per heavy atom. The average molecular weight is 401 g/mol. The third kappa shape index (κ3) is 4.50. The van der Waals surface area contributed by atoms with E-state index in [4.69, 9.17) is 26.4 Å². The number of rotatable bonds is 7. The molecule has 2 aromatic carbocycles. The number of benzene rings is 2. The molecular weight excluding hydrogens is 372 g/mol. The minimum atomic E-state index is -0.200. The van der Waals surface area contributed by atoms with Crippen LogP contribution in [-0.2, 0) is 5.54 Å². The van der Waals surface area contributed by atoms with Gasteiger partial charge in [0.1, 0.15) is 5.75 Å². The molecule has 0 atom stereocenters. The first-order valence-corrected chi connectivity index (χ1v) is 10.1. The lowest BCUT2D eigenvalue weighted by Gasteiger charge is -2.33. The molecule has 0 amide bonds. The van der Waals surface area contributed by atoms with Crippen molar-refractivity contribution in [1.82, 2.24) is 5.32 Å². The minimum absolute atomic E-state index is 0.200. The van der Waals surface area contributed by atoms with Crippen LogP contribution in [0.4, 0.5) is 5.69 Å². The summed E-state index contributed by atoms with van der Waals surface area (Å²) in [5, 5.41) is 7.48. The molecule has 0 bridgehead atoms. The van der Waals surface area contributed by atoms with Gasteiger partial charge in [-0.3, -0.25) is 0 Å². The standard InChI is InChI=1S/C22H28N2O3S/c1-4-27-18-10-8-17(9-11-18)23-21(28)24-22(13-5-6-14-22)16-7-12-19(25-2)20(15-16)26-3/h7-12,15H,4-6,13-14H2,1-3H3,(H2,23,24,28). The van der Waals surface area contributed by atoms with Gasteiger partial charge in [-0.05, 0) is 73.9 Å². The van der Waals surface area contributed by atoms with Crippen molar-refractivity contribution < 1.29 is 14.2 Å². The van der Waals surface area contributed by atoms with Crippen molar-refractivity contribution in [1.29, 1.82) is 0 Å². The van der Waals surface area contributed by atoms with Crippen LogP contribution in [0.15, 0.2) is 42.5 Å². The normalized spacial score (nSPS) is 15.0. The molecule has 6 heteroatoms. The highest BCUT2D eigenvalue weighted by atomic mass is 32.1. The van der Waals surface area contributed by atoms with Crippen LogP contribution in [0.3, 0.4) is 0 Å². The lowest BCUT2D eigenvalue weighted by molar-refractivity contribution is 0.340. The quantitative estimate of drug-likeness (QED) is 0.648. The second-order valence-corrected chi connectivity index (χ2v) is 7.30. The van der Waals surface area contributed by atoms with Crippen molar-refractivity contribution >= 4 is 23.0 Å². The first kappa shape index (κ1) is 20.3. The Balaban J connectivity index is 1.76. The molecule has 2 aromatic rings. The molecule has 1 fully saturated rings. The van der Waals surface area contributed by atoms with Gasteiger partial charge in [0.2, 0.25) is 0 Å². The number of anilines is 1. The molecule has 0 aliphatic heterocycles. The molecule has 2 N–H and O–H groups in total. The number of hydrogen-bond acceptors (Lipinski definition) is 4. The van der Waals surface area contributed by atoms with Gasteiger partial charge in [0.15, 0.2) is 16.6 Å². The molecule has 1 aliphatic rings. The van der Waals surface area contributed by atoms with Gasteiger partial charge in [-0.25, -0.2) is 0 Å². The van der Waals surface area contributed by atoms with Gasteiger partial charge in [-0.1, -0.05) is 18.9 Å². The van der Waals surface area contributed by atoms with E-state index in [9.17, 15) is 0 Å². The number of methoxy groups -OCH3 is 2. The van der Waals surface area contributed by atoms with Crippen LogP contribution in [0.2, 0.25) is 0 Å². The third-order valence-corrected chi connectivity index (χ3v) is 5.37. The number of hydrogen-bond donors (Lipinski definition) is 2. The van der Waals surface area contributed by atoms with Crippen LogP contribution in [0.25, 0.3) is 0 Å². The van der Waals surface area contributed by atoms with Gasteiger partial charge in [-0.2, -0.15) is 0 Å². The molecule has 0 spiro atoms. The van der Waals surface area contributed by atoms with Gasteiger partial charge in [0.05, 0.1) is 26.4 Å². The van der Waals surface area contributed by atoms with Crippen LogP contribution in [-0.4, -0.2) is 25.9 Å². The fourth-order valence-corrected chi connectivity index (χ4v) is 4.09. The van der Waals surface area contributed by atoms with E-state index in [0.29, 0.717) is 11.7 Å². The first-order valence-electron chi connectivity index (χ1n) is 9.65. The predicted octanol–water partition coefficient (Wildman–Crippen LogP) is 4.86. The Morgan fingerprint density at radius 3 is 2.29 bits per heavy atom. The van der Waals surface area contributed by atoms with E-state index >= 15 is 0 Å². The van der Waals surface area contributed by atoms with Gasteiger partial charge in [0, 0.05) is 5.69 Å². The molecule has 1 saturated carbocycles. The predicted molar refractivity (Wildman–Crippen MR) is 117 cm³/mol. The molecule has 0 saturated heterocycles. The summed E-state index contributed by atoms with van der Waals surface area (Å²) in [7, 11) is 3.31. The second-order valence-electron chi connectivity index (χ2n) is 6.90. The zero-order valence-electron chi connectivity index (χ0n) is 16.7. The summed E-state index contributed by atoms with van der Waals surface area (Å²) in [5.41, 5.74) is 1.90. The molecule has 0 heterocycles. The molecule has 3 rings (SSSR count). The summed E-state index contributed by atoms with van der Waals surface area (Å²) in [4.78, 5) is 0. The smallest absolute Gasteiger partial charge is 0.171 e. The summed E-state index contributed by atoms with van der Waals surface area (Å²) in [6.45, 7) is 2.63. The summed E-state index contributed by atoms with van der Waals surface area (Å²) >= 11 is 5.63. The zero-order valence-corrected chi connectivity index (χ0v) is 17.5. The SMILES string of the molecule is CCOc1ccc(NC(=S)NC2(c3ccc(OC)c(OC)c3)CCCC2)cc1. The number of nitrogens with one attached hydrogen (secondary N) is 2. The monoisotopic (exact) mass is 400 g/mol. The van der Waals surface area contributed by atoms with E-state index in [-0.39, 0.29) is 5.54 Å². The third-order valence-electron chi connectivity index (χ3n) is 5.17. The summed E-state index contributed by atoms with van der Waals surface area (Å²) < 4.78 is 16.4.